The fraction of sp³-hybridized carbons (Fsp3) is 0.526. The molecular formula is C19H28N4O5S. The number of benzene rings is 1. The highest BCUT2D eigenvalue weighted by atomic mass is 32.2. The summed E-state index contributed by atoms with van der Waals surface area (Å²) in [5.74, 6) is -0.127. The largest absolute Gasteiger partial charge is 0.445 e. The van der Waals surface area contributed by atoms with Crippen LogP contribution in [0.4, 0.5) is 4.79 Å². The molecule has 1 saturated heterocycles. The van der Waals surface area contributed by atoms with Crippen LogP contribution in [0.2, 0.25) is 0 Å². The Morgan fingerprint density at radius 3 is 2.59 bits per heavy atom. The lowest BCUT2D eigenvalue weighted by Gasteiger charge is -2.23. The fourth-order valence-electron chi connectivity index (χ4n) is 2.91. The number of nitrogens with zero attached hydrogens (tertiary/aromatic N) is 2. The zero-order valence-electron chi connectivity index (χ0n) is 16.5. The Kier molecular flexibility index (Phi) is 8.91. The van der Waals surface area contributed by atoms with E-state index in [1.54, 1.807) is 4.90 Å². The van der Waals surface area contributed by atoms with E-state index in [1.165, 1.54) is 0 Å². The Hall–Kier alpha value is -2.62. The lowest BCUT2D eigenvalue weighted by molar-refractivity contribution is -0.132. The molecule has 9 nitrogen and oxygen atoms in total. The summed E-state index contributed by atoms with van der Waals surface area (Å²) in [4.78, 5) is 30.6. The van der Waals surface area contributed by atoms with Crippen LogP contribution in [0.3, 0.4) is 0 Å². The van der Waals surface area contributed by atoms with Crippen molar-refractivity contribution in [1.82, 2.24) is 14.9 Å². The predicted octanol–water partition coefficient (Wildman–Crippen LogP) is 1.26. The van der Waals surface area contributed by atoms with E-state index in [2.05, 4.69) is 15.0 Å². The first-order valence-electron chi connectivity index (χ1n) is 9.57. The number of alkyl carbamates (subject to hydrolysis) is 1. The Balaban J connectivity index is 1.85. The summed E-state index contributed by atoms with van der Waals surface area (Å²) in [5, 5.41) is 2.66. The van der Waals surface area contributed by atoms with Crippen LogP contribution in [0.15, 0.2) is 35.3 Å². The van der Waals surface area contributed by atoms with Gasteiger partial charge in [-0.25, -0.2) is 13.2 Å². The second kappa shape index (κ2) is 11.4. The Bertz CT molecular complexity index is 792. The number of sulfonamides is 1. The Morgan fingerprint density at radius 2 is 1.93 bits per heavy atom. The van der Waals surface area contributed by atoms with Gasteiger partial charge in [-0.05, 0) is 31.2 Å². The van der Waals surface area contributed by atoms with Crippen LogP contribution in [0, 0.1) is 0 Å². The van der Waals surface area contributed by atoms with Gasteiger partial charge < -0.3 is 15.0 Å². The van der Waals surface area contributed by atoms with Crippen molar-refractivity contribution in [2.75, 3.05) is 25.9 Å². The third-order valence-electron chi connectivity index (χ3n) is 4.36. The van der Waals surface area contributed by atoms with E-state index in [4.69, 9.17) is 4.74 Å². The summed E-state index contributed by atoms with van der Waals surface area (Å²) in [7, 11) is -3.33. The summed E-state index contributed by atoms with van der Waals surface area (Å²) in [6, 6.07) is 8.59. The summed E-state index contributed by atoms with van der Waals surface area (Å²) in [6.45, 7) is 1.82. The maximum absolute atomic E-state index is 12.7. The number of aliphatic imine (C=N–C) groups is 1. The van der Waals surface area contributed by atoms with Gasteiger partial charge in [0.05, 0.1) is 12.6 Å². The summed E-state index contributed by atoms with van der Waals surface area (Å²) in [5.41, 5.74) is 0.859. The minimum Gasteiger partial charge on any atom is -0.445 e. The molecule has 1 aliphatic rings. The molecule has 0 bridgehead atoms. The molecule has 1 atom stereocenters. The molecule has 0 radical (unpaired) electrons. The number of carbonyl (C=O) groups is 2. The van der Waals surface area contributed by atoms with Crippen LogP contribution in [-0.4, -0.2) is 63.6 Å². The van der Waals surface area contributed by atoms with Gasteiger partial charge in [0.2, 0.25) is 15.9 Å². The number of rotatable bonds is 10. The molecular weight excluding hydrogens is 396 g/mol. The number of ether oxygens (including phenoxy) is 1. The van der Waals surface area contributed by atoms with Crippen molar-refractivity contribution in [3.05, 3.63) is 35.9 Å². The van der Waals surface area contributed by atoms with E-state index in [0.717, 1.165) is 31.0 Å². The fourth-order valence-corrected chi connectivity index (χ4v) is 3.17. The van der Waals surface area contributed by atoms with Gasteiger partial charge in [0.25, 0.3) is 0 Å². The minimum absolute atomic E-state index is 0.124. The van der Waals surface area contributed by atoms with Gasteiger partial charge in [-0.2, -0.15) is 0 Å². The predicted molar refractivity (Wildman–Crippen MR) is 110 cm³/mol. The van der Waals surface area contributed by atoms with Crippen molar-refractivity contribution in [2.45, 2.75) is 38.3 Å². The molecule has 0 spiro atoms. The van der Waals surface area contributed by atoms with Crippen LogP contribution in [-0.2, 0) is 26.2 Å². The molecule has 1 heterocycles. The van der Waals surface area contributed by atoms with Gasteiger partial charge in [0.15, 0.2) is 0 Å². The monoisotopic (exact) mass is 424 g/mol. The number of hydrogen-bond donors (Lipinski definition) is 2. The van der Waals surface area contributed by atoms with Gasteiger partial charge in [-0.15, -0.1) is 0 Å². The van der Waals surface area contributed by atoms with E-state index in [-0.39, 0.29) is 12.5 Å². The molecule has 0 aromatic heterocycles. The Morgan fingerprint density at radius 1 is 1.24 bits per heavy atom. The van der Waals surface area contributed by atoms with Crippen molar-refractivity contribution in [3.63, 3.8) is 0 Å². The van der Waals surface area contributed by atoms with E-state index in [0.29, 0.717) is 32.5 Å². The number of hydrogen-bond acceptors (Lipinski definition) is 6. The molecule has 1 fully saturated rings. The number of amides is 2. The van der Waals surface area contributed by atoms with Gasteiger partial charge in [-0.1, -0.05) is 30.3 Å². The van der Waals surface area contributed by atoms with E-state index in [1.807, 2.05) is 30.3 Å². The van der Waals surface area contributed by atoms with Gasteiger partial charge >= 0.3 is 6.09 Å². The molecule has 0 saturated carbocycles. The molecule has 1 aromatic rings. The molecule has 0 aliphatic carbocycles. The molecule has 10 heteroatoms. The average Bonchev–Trinajstić information content (AvgIpc) is 3.22. The zero-order valence-corrected chi connectivity index (χ0v) is 17.4. The molecule has 160 valence electrons. The molecule has 2 rings (SSSR count). The Labute approximate surface area is 171 Å². The first kappa shape index (κ1) is 22.7. The molecule has 1 aromatic carbocycles. The van der Waals surface area contributed by atoms with Crippen LogP contribution in [0.25, 0.3) is 0 Å². The van der Waals surface area contributed by atoms with Gasteiger partial charge in [-0.3, -0.25) is 14.5 Å². The van der Waals surface area contributed by atoms with Gasteiger partial charge in [0.1, 0.15) is 12.6 Å². The number of carbonyl (C=O) groups excluding carboxylic acids is 2. The lowest BCUT2D eigenvalue weighted by atomic mass is 10.1. The maximum atomic E-state index is 12.7. The van der Waals surface area contributed by atoms with Crippen LogP contribution < -0.4 is 10.0 Å². The normalized spacial score (nSPS) is 15.3. The first-order valence-corrected chi connectivity index (χ1v) is 11.5. The first-order chi connectivity index (χ1) is 13.8. The molecule has 2 amide bonds. The molecule has 2 N–H and O–H groups in total. The topological polar surface area (TPSA) is 117 Å². The van der Waals surface area contributed by atoms with Crippen molar-refractivity contribution < 1.29 is 22.7 Å². The van der Waals surface area contributed by atoms with E-state index < -0.39 is 22.2 Å². The van der Waals surface area contributed by atoms with Crippen LogP contribution >= 0.6 is 0 Å². The molecule has 1 aliphatic heterocycles. The third kappa shape index (κ3) is 8.95. The molecule has 0 unspecified atom stereocenters. The lowest BCUT2D eigenvalue weighted by Crippen LogP contribution is -2.48. The third-order valence-corrected chi connectivity index (χ3v) is 4.89. The smallest absolute Gasteiger partial charge is 0.408 e. The van der Waals surface area contributed by atoms with Gasteiger partial charge in [0, 0.05) is 19.6 Å². The van der Waals surface area contributed by atoms with Crippen molar-refractivity contribution in [3.8, 4) is 0 Å². The summed E-state index contributed by atoms with van der Waals surface area (Å²) >= 11 is 0. The number of nitrogens with one attached hydrogen (secondary N) is 2. The average molecular weight is 425 g/mol. The van der Waals surface area contributed by atoms with Crippen LogP contribution in [0.5, 0.6) is 0 Å². The van der Waals surface area contributed by atoms with E-state index in [9.17, 15) is 18.0 Å². The highest BCUT2D eigenvalue weighted by Crippen LogP contribution is 2.12. The zero-order chi connectivity index (χ0) is 21.1. The summed E-state index contributed by atoms with van der Waals surface area (Å²) in [6.07, 6.45) is 4.31. The van der Waals surface area contributed by atoms with Crippen molar-refractivity contribution in [1.29, 1.82) is 0 Å². The second-order valence-electron chi connectivity index (χ2n) is 6.86. The van der Waals surface area contributed by atoms with Crippen LogP contribution in [0.1, 0.15) is 31.2 Å². The quantitative estimate of drug-likeness (QED) is 0.333. The van der Waals surface area contributed by atoms with E-state index >= 15 is 0 Å². The number of likely N-dealkylation sites (tertiary alicyclic amines) is 1. The highest BCUT2D eigenvalue weighted by molar-refractivity contribution is 7.89. The second-order valence-corrected chi connectivity index (χ2v) is 8.64. The standard InChI is InChI=1S/C19H28N4O5S/c1-29(26,27)21-15-20-11-7-10-17(18(24)23-12-5-6-13-23)22-19(25)28-14-16-8-3-2-4-9-16/h2-4,8-9,15,17H,5-7,10-14H2,1H3,(H,20,21)(H,22,25)/t17-/m0/s1. The molecule has 29 heavy (non-hydrogen) atoms. The summed E-state index contributed by atoms with van der Waals surface area (Å²) < 4.78 is 29.3. The maximum Gasteiger partial charge on any atom is 0.408 e. The van der Waals surface area contributed by atoms with Crippen molar-refractivity contribution >= 4 is 28.4 Å². The minimum atomic E-state index is -3.33. The van der Waals surface area contributed by atoms with Crippen molar-refractivity contribution in [2.24, 2.45) is 4.99 Å². The highest BCUT2D eigenvalue weighted by Gasteiger charge is 2.27. The SMILES string of the molecule is CS(=O)(=O)NC=NCCC[C@H](NC(=O)OCc1ccccc1)C(=O)N1CCCC1.